The zero-order chi connectivity index (χ0) is 15.1. The first-order valence-corrected chi connectivity index (χ1v) is 8.22. The van der Waals surface area contributed by atoms with Crippen LogP contribution >= 0.6 is 11.3 Å². The minimum Gasteiger partial charge on any atom is -0.493 e. The van der Waals surface area contributed by atoms with E-state index in [1.165, 1.54) is 16.0 Å². The summed E-state index contributed by atoms with van der Waals surface area (Å²) in [6.07, 6.45) is 1.09. The van der Waals surface area contributed by atoms with Crippen LogP contribution in [0.15, 0.2) is 29.6 Å². The van der Waals surface area contributed by atoms with E-state index in [9.17, 15) is 0 Å². The lowest BCUT2D eigenvalue weighted by molar-refractivity contribution is 0.310. The molecule has 0 bridgehead atoms. The fraction of sp³-hybridized carbons (Fsp3) is 0.412. The third kappa shape index (κ3) is 4.22. The molecular formula is C17H23NO2S. The minimum atomic E-state index is 0.645. The van der Waals surface area contributed by atoms with Crippen molar-refractivity contribution in [3.8, 4) is 11.5 Å². The summed E-state index contributed by atoms with van der Waals surface area (Å²) in [5, 5.41) is 5.66. The molecule has 0 saturated carbocycles. The molecule has 2 rings (SSSR count). The van der Waals surface area contributed by atoms with Gasteiger partial charge in [-0.15, -0.1) is 11.3 Å². The molecule has 0 atom stereocenters. The maximum Gasteiger partial charge on any atom is 0.161 e. The molecule has 2 aromatic rings. The Morgan fingerprint density at radius 2 is 1.95 bits per heavy atom. The van der Waals surface area contributed by atoms with Gasteiger partial charge in [-0.2, -0.15) is 0 Å². The van der Waals surface area contributed by atoms with Crippen molar-refractivity contribution in [2.45, 2.75) is 33.4 Å². The van der Waals surface area contributed by atoms with Gasteiger partial charge in [0.05, 0.1) is 13.7 Å². The van der Waals surface area contributed by atoms with Crippen LogP contribution in [0.25, 0.3) is 0 Å². The van der Waals surface area contributed by atoms with Crippen molar-refractivity contribution >= 4 is 11.3 Å². The van der Waals surface area contributed by atoms with Crippen LogP contribution in [0.5, 0.6) is 11.5 Å². The van der Waals surface area contributed by atoms with Crippen molar-refractivity contribution in [1.82, 2.24) is 5.32 Å². The van der Waals surface area contributed by atoms with Crippen LogP contribution in [0.2, 0.25) is 0 Å². The number of aryl methyl sites for hydroxylation is 1. The van der Waals surface area contributed by atoms with Gasteiger partial charge in [-0.3, -0.25) is 0 Å². The minimum absolute atomic E-state index is 0.645. The first-order chi connectivity index (χ1) is 10.3. The van der Waals surface area contributed by atoms with E-state index < -0.39 is 0 Å². The van der Waals surface area contributed by atoms with Crippen molar-refractivity contribution in [3.63, 3.8) is 0 Å². The zero-order valence-corrected chi connectivity index (χ0v) is 13.8. The van der Waals surface area contributed by atoms with Crippen LogP contribution in [0.3, 0.4) is 0 Å². The lowest BCUT2D eigenvalue weighted by Crippen LogP contribution is -2.12. The Morgan fingerprint density at radius 3 is 2.67 bits per heavy atom. The highest BCUT2D eigenvalue weighted by molar-refractivity contribution is 7.10. The van der Waals surface area contributed by atoms with Gasteiger partial charge in [-0.05, 0) is 48.1 Å². The van der Waals surface area contributed by atoms with Crippen molar-refractivity contribution in [2.24, 2.45) is 0 Å². The van der Waals surface area contributed by atoms with Gasteiger partial charge in [-0.1, -0.05) is 13.0 Å². The van der Waals surface area contributed by atoms with E-state index in [0.29, 0.717) is 6.61 Å². The first-order valence-electron chi connectivity index (χ1n) is 7.34. The van der Waals surface area contributed by atoms with Gasteiger partial charge in [0.1, 0.15) is 0 Å². The third-order valence-corrected chi connectivity index (χ3v) is 4.32. The maximum absolute atomic E-state index is 5.53. The smallest absolute Gasteiger partial charge is 0.161 e. The summed E-state index contributed by atoms with van der Waals surface area (Å²) < 4.78 is 10.9. The van der Waals surface area contributed by atoms with Crippen LogP contribution in [-0.2, 0) is 19.5 Å². The quantitative estimate of drug-likeness (QED) is 0.799. The SMILES string of the molecule is CCOc1ccc(CNCc2sccc2CC)cc1OC. The molecule has 1 heterocycles. The predicted molar refractivity (Wildman–Crippen MR) is 88.4 cm³/mol. The number of hydrogen-bond donors (Lipinski definition) is 1. The fourth-order valence-electron chi connectivity index (χ4n) is 2.25. The Balaban J connectivity index is 1.94. The second-order valence-corrected chi connectivity index (χ2v) is 5.75. The summed E-state index contributed by atoms with van der Waals surface area (Å²) in [7, 11) is 1.67. The average molecular weight is 305 g/mol. The summed E-state index contributed by atoms with van der Waals surface area (Å²) >= 11 is 1.82. The molecule has 1 N–H and O–H groups in total. The van der Waals surface area contributed by atoms with Gasteiger partial charge in [0.2, 0.25) is 0 Å². The number of thiophene rings is 1. The summed E-state index contributed by atoms with van der Waals surface area (Å²) in [4.78, 5) is 1.43. The number of methoxy groups -OCH3 is 1. The van der Waals surface area contributed by atoms with Crippen LogP contribution in [0, 0.1) is 0 Å². The Labute approximate surface area is 130 Å². The van der Waals surface area contributed by atoms with Crippen LogP contribution in [0.1, 0.15) is 29.9 Å². The Bertz CT molecular complexity index is 566. The summed E-state index contributed by atoms with van der Waals surface area (Å²) in [6.45, 7) is 6.55. The van der Waals surface area contributed by atoms with Crippen molar-refractivity contribution < 1.29 is 9.47 Å². The normalized spacial score (nSPS) is 10.6. The summed E-state index contributed by atoms with van der Waals surface area (Å²) in [6, 6.07) is 8.30. The lowest BCUT2D eigenvalue weighted by Gasteiger charge is -2.11. The molecule has 1 aromatic heterocycles. The zero-order valence-electron chi connectivity index (χ0n) is 12.9. The highest BCUT2D eigenvalue weighted by atomic mass is 32.1. The Morgan fingerprint density at radius 1 is 1.10 bits per heavy atom. The van der Waals surface area contributed by atoms with E-state index in [0.717, 1.165) is 31.0 Å². The molecule has 0 aliphatic rings. The van der Waals surface area contributed by atoms with Crippen LogP contribution in [0.4, 0.5) is 0 Å². The molecule has 0 aliphatic heterocycles. The van der Waals surface area contributed by atoms with Crippen LogP contribution < -0.4 is 14.8 Å². The number of benzene rings is 1. The van der Waals surface area contributed by atoms with Gasteiger partial charge in [0.15, 0.2) is 11.5 Å². The molecular weight excluding hydrogens is 282 g/mol. The molecule has 0 saturated heterocycles. The van der Waals surface area contributed by atoms with E-state index in [1.54, 1.807) is 7.11 Å². The second-order valence-electron chi connectivity index (χ2n) is 4.74. The standard InChI is InChI=1S/C17H23NO2S/c1-4-14-8-9-21-17(14)12-18-11-13-6-7-15(20-5-2)16(10-13)19-3/h6-10,18H,4-5,11-12H2,1-3H3. The summed E-state index contributed by atoms with van der Waals surface area (Å²) in [5.41, 5.74) is 2.64. The van der Waals surface area contributed by atoms with Gasteiger partial charge < -0.3 is 14.8 Å². The van der Waals surface area contributed by atoms with Gasteiger partial charge in [0, 0.05) is 18.0 Å². The lowest BCUT2D eigenvalue weighted by atomic mass is 10.2. The van der Waals surface area contributed by atoms with E-state index in [1.807, 2.05) is 30.4 Å². The molecule has 114 valence electrons. The second kappa shape index (κ2) is 8.05. The van der Waals surface area contributed by atoms with E-state index in [-0.39, 0.29) is 0 Å². The van der Waals surface area contributed by atoms with Crippen LogP contribution in [-0.4, -0.2) is 13.7 Å². The highest BCUT2D eigenvalue weighted by Gasteiger charge is 2.06. The molecule has 1 aromatic carbocycles. The van der Waals surface area contributed by atoms with E-state index >= 15 is 0 Å². The maximum atomic E-state index is 5.53. The highest BCUT2D eigenvalue weighted by Crippen LogP contribution is 2.28. The Kier molecular flexibility index (Phi) is 6.08. The molecule has 0 unspecified atom stereocenters. The number of rotatable bonds is 8. The average Bonchev–Trinajstić information content (AvgIpc) is 2.96. The molecule has 0 amide bonds. The third-order valence-electron chi connectivity index (χ3n) is 3.36. The molecule has 3 nitrogen and oxygen atoms in total. The largest absolute Gasteiger partial charge is 0.493 e. The predicted octanol–water partition coefficient (Wildman–Crippen LogP) is 4.01. The molecule has 21 heavy (non-hydrogen) atoms. The van der Waals surface area contributed by atoms with Crippen molar-refractivity contribution in [1.29, 1.82) is 0 Å². The molecule has 4 heteroatoms. The van der Waals surface area contributed by atoms with Crippen molar-refractivity contribution in [3.05, 3.63) is 45.6 Å². The van der Waals surface area contributed by atoms with E-state index in [2.05, 4.69) is 29.8 Å². The Hall–Kier alpha value is -1.52. The van der Waals surface area contributed by atoms with Gasteiger partial charge in [0.25, 0.3) is 0 Å². The van der Waals surface area contributed by atoms with Gasteiger partial charge >= 0.3 is 0 Å². The molecule has 0 spiro atoms. The topological polar surface area (TPSA) is 30.5 Å². The molecule has 0 fully saturated rings. The fourth-order valence-corrected chi connectivity index (χ4v) is 3.20. The summed E-state index contributed by atoms with van der Waals surface area (Å²) in [5.74, 6) is 1.59. The molecule has 0 aliphatic carbocycles. The first kappa shape index (κ1) is 15.9. The number of nitrogens with one attached hydrogen (secondary N) is 1. The van der Waals surface area contributed by atoms with E-state index in [4.69, 9.17) is 9.47 Å². The van der Waals surface area contributed by atoms with Crippen molar-refractivity contribution in [2.75, 3.05) is 13.7 Å². The number of hydrogen-bond acceptors (Lipinski definition) is 4. The molecule has 0 radical (unpaired) electrons. The van der Waals surface area contributed by atoms with Gasteiger partial charge in [-0.25, -0.2) is 0 Å². The monoisotopic (exact) mass is 305 g/mol. The number of ether oxygens (including phenoxy) is 2.